The average molecular weight is 514 g/mol. The molecule has 0 aromatic heterocycles. The normalized spacial score (nSPS) is 21.1. The van der Waals surface area contributed by atoms with Crippen molar-refractivity contribution >= 4 is 52.5 Å². The third-order valence-corrected chi connectivity index (χ3v) is 7.57. The van der Waals surface area contributed by atoms with Crippen LogP contribution in [0.5, 0.6) is 0 Å². The Kier molecular flexibility index (Phi) is 6.53. The number of amidine groups is 2. The Bertz CT molecular complexity index is 1200. The first-order chi connectivity index (χ1) is 16.8. The summed E-state index contributed by atoms with van der Waals surface area (Å²) in [7, 11) is 3.15. The number of fused-ring (bicyclic) bond motifs is 1. The van der Waals surface area contributed by atoms with Gasteiger partial charge in [-0.3, -0.25) is 19.5 Å². The van der Waals surface area contributed by atoms with Crippen LogP contribution in [0.2, 0.25) is 10.0 Å². The van der Waals surface area contributed by atoms with E-state index in [1.807, 2.05) is 10.6 Å². The van der Waals surface area contributed by atoms with Crippen LogP contribution in [0.1, 0.15) is 5.56 Å². The first kappa shape index (κ1) is 23.8. The standard InChI is InChI=1S/C25H27Cl2N6O2/c1-29-23-22(24(34)30(2)25(29)35)33(15-18-19(26)9-6-10-20(18)27)21(28-23)16-31-11-13-32(14-12-31)17-7-4-3-5-8-17/h3-10,22H,11-16H2,1-2H3/q+1. The highest BCUT2D eigenvalue weighted by atomic mass is 35.5. The second kappa shape index (κ2) is 9.60. The number of imide groups is 1. The first-order valence-corrected chi connectivity index (χ1v) is 12.3. The van der Waals surface area contributed by atoms with E-state index in [9.17, 15) is 9.59 Å². The van der Waals surface area contributed by atoms with E-state index in [0.29, 0.717) is 29.0 Å². The molecular formula is C25H27Cl2N6O2+. The highest BCUT2D eigenvalue weighted by molar-refractivity contribution is 6.36. The van der Waals surface area contributed by atoms with Crippen LogP contribution < -0.4 is 4.90 Å². The maximum atomic E-state index is 13.2. The number of amides is 3. The molecule has 0 N–H and O–H groups in total. The molecule has 0 bridgehead atoms. The van der Waals surface area contributed by atoms with Gasteiger partial charge in [0.2, 0.25) is 0 Å². The van der Waals surface area contributed by atoms with Crippen LogP contribution in [0.25, 0.3) is 0 Å². The van der Waals surface area contributed by atoms with Crippen molar-refractivity contribution in [1.29, 1.82) is 0 Å². The van der Waals surface area contributed by atoms with Gasteiger partial charge in [-0.25, -0.2) is 9.37 Å². The number of carbonyl (C=O) groups is 2. The van der Waals surface area contributed by atoms with Crippen LogP contribution >= 0.6 is 23.2 Å². The van der Waals surface area contributed by atoms with Crippen molar-refractivity contribution in [2.75, 3.05) is 51.7 Å². The minimum absolute atomic E-state index is 0.307. The zero-order valence-electron chi connectivity index (χ0n) is 19.7. The second-order valence-corrected chi connectivity index (χ2v) is 9.77. The predicted octanol–water partition coefficient (Wildman–Crippen LogP) is 3.03. The van der Waals surface area contributed by atoms with Gasteiger partial charge in [0, 0.05) is 61.6 Å². The Balaban J connectivity index is 1.43. The monoisotopic (exact) mass is 513 g/mol. The molecule has 1 unspecified atom stereocenters. The molecular weight excluding hydrogens is 487 g/mol. The molecule has 182 valence electrons. The number of urea groups is 1. The zero-order chi connectivity index (χ0) is 24.7. The number of rotatable bonds is 5. The molecule has 3 amide bonds. The van der Waals surface area contributed by atoms with E-state index in [0.717, 1.165) is 42.5 Å². The fourth-order valence-electron chi connectivity index (χ4n) is 4.81. The average Bonchev–Trinajstić information content (AvgIpc) is 3.22. The Labute approximate surface area is 214 Å². The summed E-state index contributed by atoms with van der Waals surface area (Å²) in [5.74, 6) is 0.871. The van der Waals surface area contributed by atoms with Crippen molar-refractivity contribution in [2.24, 2.45) is 4.99 Å². The molecule has 1 atom stereocenters. The number of halogens is 2. The molecule has 3 heterocycles. The number of hydrogen-bond donors (Lipinski definition) is 0. The summed E-state index contributed by atoms with van der Waals surface area (Å²) in [6.45, 7) is 4.39. The van der Waals surface area contributed by atoms with E-state index >= 15 is 0 Å². The third kappa shape index (κ3) is 4.42. The summed E-state index contributed by atoms with van der Waals surface area (Å²) in [5, 5.41) is 1.06. The summed E-state index contributed by atoms with van der Waals surface area (Å²) in [6, 6.07) is 14.7. The van der Waals surface area contributed by atoms with Crippen LogP contribution in [0.3, 0.4) is 0 Å². The molecule has 0 spiro atoms. The molecule has 2 fully saturated rings. The number of nitrogens with zero attached hydrogens (tertiary/aromatic N) is 6. The maximum Gasteiger partial charge on any atom is 0.333 e. The molecule has 5 rings (SSSR count). The second-order valence-electron chi connectivity index (χ2n) is 8.95. The van der Waals surface area contributed by atoms with E-state index in [1.165, 1.54) is 17.6 Å². The van der Waals surface area contributed by atoms with Crippen molar-refractivity contribution in [1.82, 2.24) is 14.7 Å². The van der Waals surface area contributed by atoms with Gasteiger partial charge < -0.3 is 4.90 Å². The number of anilines is 1. The minimum Gasteiger partial charge on any atom is -0.369 e. The number of likely N-dealkylation sites (N-methyl/N-ethyl adjacent to an activating group) is 2. The third-order valence-electron chi connectivity index (χ3n) is 6.86. The van der Waals surface area contributed by atoms with Crippen molar-refractivity contribution in [3.63, 3.8) is 0 Å². The highest BCUT2D eigenvalue weighted by Gasteiger charge is 2.53. The van der Waals surface area contributed by atoms with Gasteiger partial charge in [0.1, 0.15) is 13.1 Å². The van der Waals surface area contributed by atoms with E-state index in [4.69, 9.17) is 28.2 Å². The number of hydrogen-bond acceptors (Lipinski definition) is 5. The molecule has 2 aromatic rings. The summed E-state index contributed by atoms with van der Waals surface area (Å²) >= 11 is 13.0. The lowest BCUT2D eigenvalue weighted by atomic mass is 10.1. The van der Waals surface area contributed by atoms with E-state index in [1.54, 1.807) is 25.2 Å². The van der Waals surface area contributed by atoms with Gasteiger partial charge in [-0.1, -0.05) is 47.5 Å². The molecule has 8 nitrogen and oxygen atoms in total. The summed E-state index contributed by atoms with van der Waals surface area (Å²) in [6.07, 6.45) is 0. The number of para-hydroxylation sites is 1. The number of aliphatic imine (C=N–C) groups is 1. The molecule has 3 aliphatic heterocycles. The molecule has 0 aliphatic carbocycles. The van der Waals surface area contributed by atoms with Crippen LogP contribution in [-0.2, 0) is 11.3 Å². The SMILES string of the molecule is CN1C(=O)C2C(=NC(CN3CCN(c4ccccc4)CC3)=[N+]2Cc2c(Cl)cccc2Cl)N(C)C1=O. The maximum absolute atomic E-state index is 13.2. The molecule has 0 radical (unpaired) electrons. The van der Waals surface area contributed by atoms with E-state index in [-0.39, 0.29) is 5.91 Å². The largest absolute Gasteiger partial charge is 0.369 e. The van der Waals surface area contributed by atoms with Crippen molar-refractivity contribution in [3.05, 3.63) is 64.1 Å². The fourth-order valence-corrected chi connectivity index (χ4v) is 5.33. The summed E-state index contributed by atoms with van der Waals surface area (Å²) < 4.78 is 1.94. The van der Waals surface area contributed by atoms with Crippen LogP contribution in [0, 0.1) is 0 Å². The quantitative estimate of drug-likeness (QED) is 0.576. The molecule has 10 heteroatoms. The lowest BCUT2D eigenvalue weighted by molar-refractivity contribution is -0.552. The topological polar surface area (TPSA) is 62.5 Å². The summed E-state index contributed by atoms with van der Waals surface area (Å²) in [5.41, 5.74) is 1.95. The Hall–Kier alpha value is -2.94. The smallest absolute Gasteiger partial charge is 0.333 e. The van der Waals surface area contributed by atoms with Crippen LogP contribution in [0.15, 0.2) is 53.5 Å². The van der Waals surface area contributed by atoms with Gasteiger partial charge in [0.25, 0.3) is 17.8 Å². The Morgan fingerprint density at radius 3 is 2.23 bits per heavy atom. The fraction of sp³-hybridized carbons (Fsp3) is 0.360. The van der Waals surface area contributed by atoms with Gasteiger partial charge in [-0.15, -0.1) is 0 Å². The van der Waals surface area contributed by atoms with Crippen LogP contribution in [0.4, 0.5) is 10.5 Å². The lowest BCUT2D eigenvalue weighted by Crippen LogP contribution is -2.61. The molecule has 0 saturated carbocycles. The van der Waals surface area contributed by atoms with Crippen LogP contribution in [-0.4, -0.2) is 95.7 Å². The zero-order valence-corrected chi connectivity index (χ0v) is 21.2. The van der Waals surface area contributed by atoms with Gasteiger partial charge >= 0.3 is 11.9 Å². The predicted molar refractivity (Wildman–Crippen MR) is 138 cm³/mol. The molecule has 2 saturated heterocycles. The van der Waals surface area contributed by atoms with E-state index in [2.05, 4.69) is 34.1 Å². The minimum atomic E-state index is -0.698. The van der Waals surface area contributed by atoms with Gasteiger partial charge in [0.15, 0.2) is 0 Å². The molecule has 3 aliphatic rings. The van der Waals surface area contributed by atoms with Crippen molar-refractivity contribution in [3.8, 4) is 0 Å². The number of benzene rings is 2. The Morgan fingerprint density at radius 2 is 1.57 bits per heavy atom. The van der Waals surface area contributed by atoms with E-state index < -0.39 is 12.1 Å². The van der Waals surface area contributed by atoms with Gasteiger partial charge in [0.05, 0.1) is 0 Å². The first-order valence-electron chi connectivity index (χ1n) is 11.6. The summed E-state index contributed by atoms with van der Waals surface area (Å²) in [4.78, 5) is 37.9. The molecule has 2 aromatic carbocycles. The number of carbonyl (C=O) groups excluding carboxylic acids is 2. The highest BCUT2D eigenvalue weighted by Crippen LogP contribution is 2.28. The van der Waals surface area contributed by atoms with Gasteiger partial charge in [-0.2, -0.15) is 0 Å². The lowest BCUT2D eigenvalue weighted by Gasteiger charge is -2.35. The van der Waals surface area contributed by atoms with Gasteiger partial charge in [-0.05, 0) is 29.3 Å². The van der Waals surface area contributed by atoms with Crippen molar-refractivity contribution in [2.45, 2.75) is 12.6 Å². The van der Waals surface area contributed by atoms with Crippen molar-refractivity contribution < 1.29 is 14.2 Å². The molecule has 35 heavy (non-hydrogen) atoms. The Morgan fingerprint density at radius 1 is 0.914 bits per heavy atom. The number of piperazine rings is 1.